The Bertz CT molecular complexity index is 1070. The predicted molar refractivity (Wildman–Crippen MR) is 103 cm³/mol. The molecule has 28 heavy (non-hydrogen) atoms. The summed E-state index contributed by atoms with van der Waals surface area (Å²) in [6.07, 6.45) is 3.74. The molecular formula is C19H22N6O3. The maximum Gasteiger partial charge on any atom is 0.253 e. The number of carbonyl (C=O) groups excluding carboxylic acids is 1. The summed E-state index contributed by atoms with van der Waals surface area (Å²) in [5.41, 5.74) is 8.94. The van der Waals surface area contributed by atoms with Gasteiger partial charge in [-0.25, -0.2) is 4.98 Å². The van der Waals surface area contributed by atoms with Crippen LogP contribution in [0.1, 0.15) is 44.4 Å². The highest BCUT2D eigenvalue weighted by Gasteiger charge is 2.38. The van der Waals surface area contributed by atoms with Crippen LogP contribution in [0.3, 0.4) is 0 Å². The Morgan fingerprint density at radius 3 is 2.82 bits per heavy atom. The first-order valence-corrected chi connectivity index (χ1v) is 9.57. The molecule has 3 aromatic rings. The van der Waals surface area contributed by atoms with Gasteiger partial charge in [-0.3, -0.25) is 9.48 Å². The topological polar surface area (TPSA) is 112 Å². The van der Waals surface area contributed by atoms with E-state index < -0.39 is 0 Å². The Balaban J connectivity index is 1.76. The molecule has 0 atom stereocenters. The molecule has 5 rings (SSSR count). The van der Waals surface area contributed by atoms with E-state index in [9.17, 15) is 4.79 Å². The fourth-order valence-corrected chi connectivity index (χ4v) is 3.75. The lowest BCUT2D eigenvalue weighted by atomic mass is 10.1. The third-order valence-corrected chi connectivity index (χ3v) is 5.26. The van der Waals surface area contributed by atoms with E-state index in [-0.39, 0.29) is 18.6 Å². The van der Waals surface area contributed by atoms with Crippen LogP contribution in [0, 0.1) is 0 Å². The minimum Gasteiger partial charge on any atom is -0.383 e. The zero-order chi connectivity index (χ0) is 19.4. The highest BCUT2D eigenvalue weighted by Crippen LogP contribution is 2.49. The molecule has 2 aliphatic rings. The first-order chi connectivity index (χ1) is 13.6. The summed E-state index contributed by atoms with van der Waals surface area (Å²) in [6, 6.07) is 2.02. The number of fused-ring (bicyclic) bond motifs is 1. The van der Waals surface area contributed by atoms with Crippen molar-refractivity contribution in [2.24, 2.45) is 0 Å². The van der Waals surface area contributed by atoms with Crippen LogP contribution >= 0.6 is 0 Å². The molecule has 0 bridgehead atoms. The number of rotatable bonds is 4. The van der Waals surface area contributed by atoms with E-state index in [1.54, 1.807) is 11.1 Å². The molecule has 0 radical (unpaired) electrons. The average Bonchev–Trinajstić information content (AvgIpc) is 3.30. The summed E-state index contributed by atoms with van der Waals surface area (Å²) in [4.78, 5) is 18.5. The van der Waals surface area contributed by atoms with Gasteiger partial charge in [0.2, 0.25) is 0 Å². The maximum absolute atomic E-state index is 12.6. The summed E-state index contributed by atoms with van der Waals surface area (Å²) < 4.78 is 12.9. The molecule has 1 saturated carbocycles. The van der Waals surface area contributed by atoms with Crippen LogP contribution in [-0.4, -0.2) is 45.6 Å². The summed E-state index contributed by atoms with van der Waals surface area (Å²) >= 11 is 0. The van der Waals surface area contributed by atoms with Crippen LogP contribution in [0.25, 0.3) is 22.3 Å². The molecule has 9 heteroatoms. The minimum absolute atomic E-state index is 0.0552. The summed E-state index contributed by atoms with van der Waals surface area (Å²) in [6.45, 7) is 5.10. The van der Waals surface area contributed by atoms with E-state index in [1.165, 1.54) is 0 Å². The molecular weight excluding hydrogens is 360 g/mol. The second kappa shape index (κ2) is 6.30. The SMILES string of the molecule is CC(C)n1nc(-c2noc(C3CC3)c2N2CCOCC2=O)c2c(N)nccc21. The zero-order valence-electron chi connectivity index (χ0n) is 15.9. The molecule has 0 aromatic carbocycles. The fourth-order valence-electron chi connectivity index (χ4n) is 3.75. The standard InChI is InChI=1S/C19H22N6O3/c1-10(2)25-12-5-6-21-19(20)14(12)15(22-25)16-17(18(28-23-16)11-3-4-11)24-7-8-27-9-13(24)26/h5-6,10-11H,3-4,7-9H2,1-2H3,(H2,20,21). The van der Waals surface area contributed by atoms with Crippen LogP contribution in [0.2, 0.25) is 0 Å². The number of nitrogens with two attached hydrogens (primary N) is 1. The Hall–Kier alpha value is -2.94. The van der Waals surface area contributed by atoms with Gasteiger partial charge < -0.3 is 19.9 Å². The molecule has 4 heterocycles. The number of nitrogens with zero attached hydrogens (tertiary/aromatic N) is 5. The fraction of sp³-hybridized carbons (Fsp3) is 0.474. The lowest BCUT2D eigenvalue weighted by Gasteiger charge is -2.26. The minimum atomic E-state index is -0.101. The number of aromatic nitrogens is 4. The van der Waals surface area contributed by atoms with Crippen molar-refractivity contribution in [1.29, 1.82) is 0 Å². The van der Waals surface area contributed by atoms with Crippen LogP contribution < -0.4 is 10.6 Å². The number of ether oxygens (including phenoxy) is 1. The molecule has 1 amide bonds. The first kappa shape index (κ1) is 17.2. The monoisotopic (exact) mass is 382 g/mol. The number of carbonyl (C=O) groups is 1. The third kappa shape index (κ3) is 2.57. The Kier molecular flexibility index (Phi) is 3.87. The largest absolute Gasteiger partial charge is 0.383 e. The Morgan fingerprint density at radius 2 is 2.11 bits per heavy atom. The van der Waals surface area contributed by atoms with Crippen LogP contribution in [0.5, 0.6) is 0 Å². The number of hydrogen-bond acceptors (Lipinski definition) is 7. The number of anilines is 2. The molecule has 0 spiro atoms. The van der Waals surface area contributed by atoms with Crippen molar-refractivity contribution in [2.75, 3.05) is 30.4 Å². The van der Waals surface area contributed by atoms with Gasteiger partial charge >= 0.3 is 0 Å². The Morgan fingerprint density at radius 1 is 1.29 bits per heavy atom. The first-order valence-electron chi connectivity index (χ1n) is 9.57. The van der Waals surface area contributed by atoms with Crippen molar-refractivity contribution in [3.05, 3.63) is 18.0 Å². The molecule has 1 aliphatic carbocycles. The Labute approximate surface area is 161 Å². The molecule has 2 N–H and O–H groups in total. The number of nitrogen functional groups attached to an aromatic ring is 1. The highest BCUT2D eigenvalue weighted by atomic mass is 16.5. The normalized spacial score (nSPS) is 17.8. The van der Waals surface area contributed by atoms with Crippen molar-refractivity contribution >= 4 is 28.3 Å². The van der Waals surface area contributed by atoms with E-state index in [0.717, 1.165) is 29.5 Å². The number of morpholine rings is 1. The smallest absolute Gasteiger partial charge is 0.253 e. The van der Waals surface area contributed by atoms with Gasteiger partial charge in [0.15, 0.2) is 11.5 Å². The van der Waals surface area contributed by atoms with E-state index >= 15 is 0 Å². The van der Waals surface area contributed by atoms with E-state index in [0.29, 0.717) is 42.0 Å². The van der Waals surface area contributed by atoms with Gasteiger partial charge in [-0.05, 0) is 32.8 Å². The van der Waals surface area contributed by atoms with E-state index in [4.69, 9.17) is 20.1 Å². The third-order valence-electron chi connectivity index (χ3n) is 5.26. The molecule has 3 aromatic heterocycles. The number of amides is 1. The predicted octanol–water partition coefficient (Wildman–Crippen LogP) is 2.49. The number of pyridine rings is 1. The number of hydrogen-bond donors (Lipinski definition) is 1. The maximum atomic E-state index is 12.6. The van der Waals surface area contributed by atoms with Gasteiger partial charge in [0.25, 0.3) is 5.91 Å². The molecule has 146 valence electrons. The van der Waals surface area contributed by atoms with Crippen molar-refractivity contribution in [3.8, 4) is 11.4 Å². The summed E-state index contributed by atoms with van der Waals surface area (Å²) in [5, 5.41) is 9.88. The molecule has 9 nitrogen and oxygen atoms in total. The lowest BCUT2D eigenvalue weighted by Crippen LogP contribution is -2.42. The summed E-state index contributed by atoms with van der Waals surface area (Å²) in [5.74, 6) is 1.33. The van der Waals surface area contributed by atoms with Gasteiger partial charge in [0, 0.05) is 24.7 Å². The zero-order valence-corrected chi connectivity index (χ0v) is 15.9. The highest BCUT2D eigenvalue weighted by molar-refractivity contribution is 6.05. The quantitative estimate of drug-likeness (QED) is 0.737. The van der Waals surface area contributed by atoms with Crippen molar-refractivity contribution in [1.82, 2.24) is 19.9 Å². The molecule has 1 aliphatic heterocycles. The van der Waals surface area contributed by atoms with Gasteiger partial charge in [-0.1, -0.05) is 5.16 Å². The molecule has 0 unspecified atom stereocenters. The van der Waals surface area contributed by atoms with Gasteiger partial charge in [0.05, 0.1) is 17.5 Å². The van der Waals surface area contributed by atoms with Crippen molar-refractivity contribution in [2.45, 2.75) is 38.6 Å². The van der Waals surface area contributed by atoms with E-state index in [2.05, 4.69) is 24.0 Å². The van der Waals surface area contributed by atoms with Gasteiger partial charge in [-0.15, -0.1) is 0 Å². The van der Waals surface area contributed by atoms with Crippen LogP contribution in [-0.2, 0) is 9.53 Å². The second-order valence-corrected chi connectivity index (χ2v) is 7.59. The second-order valence-electron chi connectivity index (χ2n) is 7.59. The summed E-state index contributed by atoms with van der Waals surface area (Å²) in [7, 11) is 0. The van der Waals surface area contributed by atoms with Crippen LogP contribution in [0.4, 0.5) is 11.5 Å². The molecule has 1 saturated heterocycles. The molecule has 2 fully saturated rings. The van der Waals surface area contributed by atoms with E-state index in [1.807, 2.05) is 10.7 Å². The van der Waals surface area contributed by atoms with Crippen molar-refractivity contribution < 1.29 is 14.1 Å². The van der Waals surface area contributed by atoms with Gasteiger partial charge in [-0.2, -0.15) is 5.10 Å². The lowest BCUT2D eigenvalue weighted by molar-refractivity contribution is -0.125. The average molecular weight is 382 g/mol. The van der Waals surface area contributed by atoms with Crippen LogP contribution in [0.15, 0.2) is 16.8 Å². The van der Waals surface area contributed by atoms with Gasteiger partial charge in [0.1, 0.15) is 23.8 Å². The van der Waals surface area contributed by atoms with Crippen molar-refractivity contribution in [3.63, 3.8) is 0 Å².